The molecule has 0 aliphatic heterocycles. The molecule has 0 aliphatic rings. The summed E-state index contributed by atoms with van der Waals surface area (Å²) in [5, 5.41) is 0. The van der Waals surface area contributed by atoms with Crippen LogP contribution in [-0.4, -0.2) is 33.6 Å². The van der Waals surface area contributed by atoms with Crippen molar-refractivity contribution in [2.75, 3.05) is 20.6 Å². The van der Waals surface area contributed by atoms with E-state index >= 15 is 0 Å². The van der Waals surface area contributed by atoms with Crippen molar-refractivity contribution in [1.29, 1.82) is 0 Å². The predicted molar refractivity (Wildman–Crippen MR) is 62.5 cm³/mol. The summed E-state index contributed by atoms with van der Waals surface area (Å²) in [4.78, 5) is 1.33. The summed E-state index contributed by atoms with van der Waals surface area (Å²) in [5.41, 5.74) is 0.928. The van der Waals surface area contributed by atoms with Gasteiger partial charge in [0, 0.05) is 0 Å². The molecule has 1 N–H and O–H groups in total. The molecule has 0 heterocycles. The zero-order valence-corrected chi connectivity index (χ0v) is 11.0. The molecular formula is C11H19NO3S. The highest BCUT2D eigenvalue weighted by Crippen LogP contribution is 2.08. The summed E-state index contributed by atoms with van der Waals surface area (Å²) < 4.78 is 31.2. The average Bonchev–Trinajstić information content (AvgIpc) is 2.18. The van der Waals surface area contributed by atoms with Crippen LogP contribution >= 0.6 is 0 Å². The average molecular weight is 245 g/mol. The van der Waals surface area contributed by atoms with E-state index < -0.39 is 10.1 Å². The number of nitrogens with one attached hydrogen (secondary N) is 1. The minimum atomic E-state index is -4.27. The SMILES string of the molecule is CC[NH+](C)C.Cc1ccc(S(=O)(=O)[O-])cc1. The molecule has 0 unspecified atom stereocenters. The molecule has 1 aromatic carbocycles. The van der Waals surface area contributed by atoms with Gasteiger partial charge in [-0.05, 0) is 26.0 Å². The Morgan fingerprint density at radius 3 is 1.81 bits per heavy atom. The lowest BCUT2D eigenvalue weighted by molar-refractivity contribution is -0.856. The van der Waals surface area contributed by atoms with E-state index in [1.165, 1.54) is 23.6 Å². The molecule has 0 saturated heterocycles. The summed E-state index contributed by atoms with van der Waals surface area (Å²) >= 11 is 0. The topological polar surface area (TPSA) is 61.6 Å². The maximum absolute atomic E-state index is 10.4. The van der Waals surface area contributed by atoms with Gasteiger partial charge in [-0.25, -0.2) is 8.42 Å². The van der Waals surface area contributed by atoms with Gasteiger partial charge in [-0.15, -0.1) is 0 Å². The van der Waals surface area contributed by atoms with Gasteiger partial charge in [0.25, 0.3) is 0 Å². The van der Waals surface area contributed by atoms with Crippen molar-refractivity contribution in [2.45, 2.75) is 18.7 Å². The van der Waals surface area contributed by atoms with Gasteiger partial charge >= 0.3 is 0 Å². The Labute approximate surface area is 97.7 Å². The summed E-state index contributed by atoms with van der Waals surface area (Å²) in [7, 11) is 0.00819. The van der Waals surface area contributed by atoms with Crippen LogP contribution in [0.5, 0.6) is 0 Å². The lowest BCUT2D eigenvalue weighted by Crippen LogP contribution is -3.05. The molecule has 1 aromatic rings. The van der Waals surface area contributed by atoms with Crippen molar-refractivity contribution in [3.05, 3.63) is 29.8 Å². The number of hydrogen-bond donors (Lipinski definition) is 1. The predicted octanol–water partition coefficient (Wildman–Crippen LogP) is 0.0499. The van der Waals surface area contributed by atoms with Crippen LogP contribution in [0.25, 0.3) is 0 Å². The fourth-order valence-corrected chi connectivity index (χ4v) is 1.17. The largest absolute Gasteiger partial charge is 0.744 e. The van der Waals surface area contributed by atoms with Crippen molar-refractivity contribution < 1.29 is 17.9 Å². The fourth-order valence-electron chi connectivity index (χ4n) is 0.705. The van der Waals surface area contributed by atoms with E-state index in [-0.39, 0.29) is 4.90 Å². The highest BCUT2D eigenvalue weighted by molar-refractivity contribution is 7.85. The second-order valence-electron chi connectivity index (χ2n) is 3.83. The zero-order chi connectivity index (χ0) is 12.8. The number of benzene rings is 1. The molecule has 0 amide bonds. The standard InChI is InChI=1S/C7H8O3S.C4H11N/c1-6-2-4-7(5-3-6)11(8,9)10;1-4-5(2)3/h2-5H,1H3,(H,8,9,10);4H2,1-3H3. The minimum Gasteiger partial charge on any atom is -0.744 e. The van der Waals surface area contributed by atoms with Gasteiger partial charge in [0.15, 0.2) is 0 Å². The van der Waals surface area contributed by atoms with E-state index in [9.17, 15) is 13.0 Å². The Morgan fingerprint density at radius 1 is 1.19 bits per heavy atom. The van der Waals surface area contributed by atoms with Crippen molar-refractivity contribution in [1.82, 2.24) is 0 Å². The van der Waals surface area contributed by atoms with Crippen LogP contribution in [0.4, 0.5) is 0 Å². The van der Waals surface area contributed by atoms with Gasteiger partial charge in [-0.2, -0.15) is 0 Å². The molecule has 0 aliphatic carbocycles. The third-order valence-electron chi connectivity index (χ3n) is 2.02. The first-order valence-electron chi connectivity index (χ1n) is 5.09. The number of aryl methyl sites for hydroxylation is 1. The van der Waals surface area contributed by atoms with Crippen molar-refractivity contribution >= 4 is 10.1 Å². The molecule has 0 bridgehead atoms. The molecule has 0 aromatic heterocycles. The van der Waals surface area contributed by atoms with Crippen molar-refractivity contribution in [3.63, 3.8) is 0 Å². The molecular weight excluding hydrogens is 226 g/mol. The van der Waals surface area contributed by atoms with Crippen molar-refractivity contribution in [3.8, 4) is 0 Å². The van der Waals surface area contributed by atoms with E-state index in [0.29, 0.717) is 0 Å². The molecule has 1 rings (SSSR count). The van der Waals surface area contributed by atoms with Crippen LogP contribution in [0.1, 0.15) is 12.5 Å². The molecule has 0 atom stereocenters. The summed E-state index contributed by atoms with van der Waals surface area (Å²) in [6.07, 6.45) is 0. The van der Waals surface area contributed by atoms with Gasteiger partial charge in [-0.1, -0.05) is 17.7 Å². The van der Waals surface area contributed by atoms with Crippen LogP contribution < -0.4 is 4.90 Å². The molecule has 5 heteroatoms. The molecule has 0 spiro atoms. The summed E-state index contributed by atoms with van der Waals surface area (Å²) in [6, 6.07) is 5.78. The van der Waals surface area contributed by atoms with E-state index in [1.54, 1.807) is 12.1 Å². The Hall–Kier alpha value is -0.910. The van der Waals surface area contributed by atoms with E-state index in [1.807, 2.05) is 6.92 Å². The summed E-state index contributed by atoms with van der Waals surface area (Å²) in [6.45, 7) is 5.20. The first-order valence-corrected chi connectivity index (χ1v) is 6.49. The second kappa shape index (κ2) is 6.62. The van der Waals surface area contributed by atoms with Gasteiger partial charge in [-0.3, -0.25) is 0 Å². The molecule has 92 valence electrons. The van der Waals surface area contributed by atoms with E-state index in [2.05, 4.69) is 21.0 Å². The molecule has 0 radical (unpaired) electrons. The molecule has 16 heavy (non-hydrogen) atoms. The number of rotatable bonds is 2. The van der Waals surface area contributed by atoms with Crippen LogP contribution in [-0.2, 0) is 10.1 Å². The first kappa shape index (κ1) is 15.1. The van der Waals surface area contributed by atoms with Gasteiger partial charge in [0.1, 0.15) is 10.1 Å². The highest BCUT2D eigenvalue weighted by Gasteiger charge is 1.97. The smallest absolute Gasteiger partial charge is 0.124 e. The van der Waals surface area contributed by atoms with Crippen LogP contribution in [0, 0.1) is 6.92 Å². The third kappa shape index (κ3) is 6.55. The third-order valence-corrected chi connectivity index (χ3v) is 2.87. The van der Waals surface area contributed by atoms with E-state index in [4.69, 9.17) is 0 Å². The number of quaternary nitrogens is 1. The Morgan fingerprint density at radius 2 is 1.56 bits per heavy atom. The molecule has 4 nitrogen and oxygen atoms in total. The molecule has 0 saturated carbocycles. The first-order chi connectivity index (χ1) is 7.27. The molecule has 0 fully saturated rings. The maximum Gasteiger partial charge on any atom is 0.124 e. The second-order valence-corrected chi connectivity index (χ2v) is 5.21. The minimum absolute atomic E-state index is 0.178. The maximum atomic E-state index is 10.4. The van der Waals surface area contributed by atoms with Gasteiger partial charge in [0.05, 0.1) is 25.5 Å². The lowest BCUT2D eigenvalue weighted by Gasteiger charge is -2.05. The Balaban J connectivity index is 0.000000385. The Bertz CT molecular complexity index is 396. The fraction of sp³-hybridized carbons (Fsp3) is 0.455. The quantitative estimate of drug-likeness (QED) is 0.749. The van der Waals surface area contributed by atoms with Crippen LogP contribution in [0.15, 0.2) is 29.2 Å². The highest BCUT2D eigenvalue weighted by atomic mass is 32.2. The normalized spacial score (nSPS) is 10.9. The van der Waals surface area contributed by atoms with Gasteiger partial charge in [0.2, 0.25) is 0 Å². The lowest BCUT2D eigenvalue weighted by atomic mass is 10.2. The summed E-state index contributed by atoms with van der Waals surface area (Å²) in [5.74, 6) is 0. The zero-order valence-electron chi connectivity index (χ0n) is 10.1. The van der Waals surface area contributed by atoms with Crippen LogP contribution in [0.2, 0.25) is 0 Å². The Kier molecular flexibility index (Phi) is 6.25. The van der Waals surface area contributed by atoms with E-state index in [0.717, 1.165) is 5.56 Å². The number of hydrogen-bond acceptors (Lipinski definition) is 3. The van der Waals surface area contributed by atoms with Gasteiger partial charge < -0.3 is 9.45 Å². The van der Waals surface area contributed by atoms with Crippen LogP contribution in [0.3, 0.4) is 0 Å². The van der Waals surface area contributed by atoms with Crippen molar-refractivity contribution in [2.24, 2.45) is 0 Å². The monoisotopic (exact) mass is 245 g/mol.